The second-order valence-electron chi connectivity index (χ2n) is 6.48. The molecule has 0 N–H and O–H groups in total. The van der Waals surface area contributed by atoms with Gasteiger partial charge in [-0.2, -0.15) is 0 Å². The Morgan fingerprint density at radius 3 is 2.64 bits per heavy atom. The summed E-state index contributed by atoms with van der Waals surface area (Å²) in [5.74, 6) is 1.55. The summed E-state index contributed by atoms with van der Waals surface area (Å²) >= 11 is 0. The monoisotopic (exact) mass is 302 g/mol. The summed E-state index contributed by atoms with van der Waals surface area (Å²) in [7, 11) is 0. The van der Waals surface area contributed by atoms with Gasteiger partial charge in [0.05, 0.1) is 5.69 Å². The number of anilines is 1. The number of rotatable bonds is 2. The van der Waals surface area contributed by atoms with Crippen molar-refractivity contribution in [2.45, 2.75) is 20.3 Å². The third-order valence-electron chi connectivity index (χ3n) is 4.32. The van der Waals surface area contributed by atoms with Crippen molar-refractivity contribution in [3.8, 4) is 5.75 Å². The van der Waals surface area contributed by atoms with Gasteiger partial charge in [-0.25, -0.2) is 0 Å². The molecular weight excluding hydrogens is 280 g/mol. The first-order valence-electron chi connectivity index (χ1n) is 7.84. The second kappa shape index (κ2) is 5.99. The molecule has 0 unspecified atom stereocenters. The highest BCUT2D eigenvalue weighted by Gasteiger charge is 2.31. The van der Waals surface area contributed by atoms with Crippen LogP contribution in [-0.4, -0.2) is 43.0 Å². The van der Waals surface area contributed by atoms with E-state index in [9.17, 15) is 9.59 Å². The van der Waals surface area contributed by atoms with E-state index in [-0.39, 0.29) is 25.0 Å². The fourth-order valence-corrected chi connectivity index (χ4v) is 3.43. The number of para-hydroxylation sites is 2. The van der Waals surface area contributed by atoms with E-state index in [0.29, 0.717) is 23.3 Å². The van der Waals surface area contributed by atoms with Gasteiger partial charge < -0.3 is 9.64 Å². The predicted molar refractivity (Wildman–Crippen MR) is 83.8 cm³/mol. The van der Waals surface area contributed by atoms with Crippen molar-refractivity contribution in [2.75, 3.05) is 31.1 Å². The van der Waals surface area contributed by atoms with E-state index in [1.807, 2.05) is 29.2 Å². The van der Waals surface area contributed by atoms with E-state index >= 15 is 0 Å². The third-order valence-corrected chi connectivity index (χ3v) is 4.32. The van der Waals surface area contributed by atoms with Crippen LogP contribution in [0, 0.1) is 11.8 Å². The second-order valence-corrected chi connectivity index (χ2v) is 6.48. The van der Waals surface area contributed by atoms with Crippen LogP contribution in [0.2, 0.25) is 0 Å². The van der Waals surface area contributed by atoms with Gasteiger partial charge in [-0.05, 0) is 30.4 Å². The molecule has 2 amide bonds. The minimum absolute atomic E-state index is 0.00288. The van der Waals surface area contributed by atoms with E-state index < -0.39 is 0 Å². The van der Waals surface area contributed by atoms with E-state index in [4.69, 9.17) is 4.74 Å². The van der Waals surface area contributed by atoms with Gasteiger partial charge in [0.25, 0.3) is 5.91 Å². The number of carbonyl (C=O) groups excluding carboxylic acids is 2. The number of benzene rings is 1. The molecule has 22 heavy (non-hydrogen) atoms. The normalized spacial score (nSPS) is 24.7. The first-order chi connectivity index (χ1) is 10.5. The number of amides is 2. The molecule has 1 aromatic carbocycles. The molecule has 1 saturated heterocycles. The molecule has 2 atom stereocenters. The van der Waals surface area contributed by atoms with E-state index in [1.165, 1.54) is 0 Å². The zero-order valence-electron chi connectivity index (χ0n) is 13.1. The van der Waals surface area contributed by atoms with Crippen molar-refractivity contribution in [1.82, 2.24) is 4.90 Å². The maximum absolute atomic E-state index is 12.6. The number of hydrogen-bond donors (Lipinski definition) is 0. The van der Waals surface area contributed by atoms with Crippen molar-refractivity contribution < 1.29 is 14.3 Å². The quantitative estimate of drug-likeness (QED) is 0.838. The smallest absolute Gasteiger partial charge is 0.265 e. The van der Waals surface area contributed by atoms with Gasteiger partial charge in [0, 0.05) is 13.1 Å². The number of hydrogen-bond acceptors (Lipinski definition) is 3. The number of carbonyl (C=O) groups is 2. The van der Waals surface area contributed by atoms with Crippen LogP contribution in [0.5, 0.6) is 5.75 Å². The Morgan fingerprint density at radius 2 is 1.91 bits per heavy atom. The topological polar surface area (TPSA) is 49.9 Å². The molecule has 2 aliphatic rings. The third kappa shape index (κ3) is 2.93. The lowest BCUT2D eigenvalue weighted by Crippen LogP contribution is -2.50. The molecule has 0 spiro atoms. The van der Waals surface area contributed by atoms with Crippen LogP contribution in [0.25, 0.3) is 0 Å². The van der Waals surface area contributed by atoms with Gasteiger partial charge in [0.15, 0.2) is 6.61 Å². The van der Waals surface area contributed by atoms with Crippen LogP contribution in [0.4, 0.5) is 5.69 Å². The predicted octanol–water partition coefficient (Wildman–Crippen LogP) is 1.92. The van der Waals surface area contributed by atoms with Crippen molar-refractivity contribution in [2.24, 2.45) is 11.8 Å². The van der Waals surface area contributed by atoms with Crippen molar-refractivity contribution in [1.29, 1.82) is 0 Å². The van der Waals surface area contributed by atoms with Gasteiger partial charge in [0.1, 0.15) is 12.3 Å². The van der Waals surface area contributed by atoms with Crippen molar-refractivity contribution in [3.05, 3.63) is 24.3 Å². The van der Waals surface area contributed by atoms with Crippen molar-refractivity contribution in [3.63, 3.8) is 0 Å². The molecule has 0 bridgehead atoms. The van der Waals surface area contributed by atoms with E-state index in [1.54, 1.807) is 4.90 Å². The average Bonchev–Trinajstić information content (AvgIpc) is 2.49. The average molecular weight is 302 g/mol. The Labute approximate surface area is 130 Å². The summed E-state index contributed by atoms with van der Waals surface area (Å²) < 4.78 is 5.41. The lowest BCUT2D eigenvalue weighted by molar-refractivity contribution is -0.134. The standard InChI is InChI=1S/C17H22N2O3/c1-12-7-13(2)9-18(8-12)16(20)10-19-14-5-3-4-6-15(14)22-11-17(19)21/h3-6,12-13H,7-11H2,1-2H3/t12-,13-/m0/s1. The highest BCUT2D eigenvalue weighted by atomic mass is 16.5. The summed E-state index contributed by atoms with van der Waals surface area (Å²) in [4.78, 5) is 28.2. The highest BCUT2D eigenvalue weighted by molar-refractivity contribution is 6.02. The van der Waals surface area contributed by atoms with Crippen LogP contribution < -0.4 is 9.64 Å². The van der Waals surface area contributed by atoms with Gasteiger partial charge >= 0.3 is 0 Å². The lowest BCUT2D eigenvalue weighted by Gasteiger charge is -2.37. The molecule has 1 fully saturated rings. The molecule has 2 heterocycles. The zero-order valence-corrected chi connectivity index (χ0v) is 13.1. The van der Waals surface area contributed by atoms with Crippen LogP contribution in [0.3, 0.4) is 0 Å². The molecule has 118 valence electrons. The maximum Gasteiger partial charge on any atom is 0.265 e. The summed E-state index contributed by atoms with van der Waals surface area (Å²) in [6.45, 7) is 6.00. The molecule has 0 aliphatic carbocycles. The molecule has 0 saturated carbocycles. The highest BCUT2D eigenvalue weighted by Crippen LogP contribution is 2.31. The molecule has 2 aliphatic heterocycles. The number of likely N-dealkylation sites (tertiary alicyclic amines) is 1. The zero-order chi connectivity index (χ0) is 15.7. The molecular formula is C17H22N2O3. The maximum atomic E-state index is 12.6. The number of nitrogens with zero attached hydrogens (tertiary/aromatic N) is 2. The van der Waals surface area contributed by atoms with Crippen LogP contribution in [-0.2, 0) is 9.59 Å². The lowest BCUT2D eigenvalue weighted by atomic mass is 9.92. The van der Waals surface area contributed by atoms with E-state index in [2.05, 4.69) is 13.8 Å². The van der Waals surface area contributed by atoms with Crippen LogP contribution in [0.15, 0.2) is 24.3 Å². The fourth-order valence-electron chi connectivity index (χ4n) is 3.43. The molecule has 5 heteroatoms. The SMILES string of the molecule is C[C@H]1C[C@H](C)CN(C(=O)CN2C(=O)COc3ccccc32)C1. The summed E-state index contributed by atoms with van der Waals surface area (Å²) in [5, 5.41) is 0. The minimum atomic E-state index is -0.162. The Kier molecular flexibility index (Phi) is 4.05. The first-order valence-corrected chi connectivity index (χ1v) is 7.84. The van der Waals surface area contributed by atoms with Crippen molar-refractivity contribution >= 4 is 17.5 Å². The Hall–Kier alpha value is -2.04. The fraction of sp³-hybridized carbons (Fsp3) is 0.529. The summed E-state index contributed by atoms with van der Waals surface area (Å²) in [6.07, 6.45) is 1.16. The summed E-state index contributed by atoms with van der Waals surface area (Å²) in [6, 6.07) is 7.36. The molecule has 3 rings (SSSR count). The van der Waals surface area contributed by atoms with Crippen LogP contribution in [0.1, 0.15) is 20.3 Å². The Bertz CT molecular complexity index is 577. The van der Waals surface area contributed by atoms with Gasteiger partial charge in [-0.15, -0.1) is 0 Å². The number of ether oxygens (including phenoxy) is 1. The molecule has 0 radical (unpaired) electrons. The van der Waals surface area contributed by atoms with Gasteiger partial charge in [-0.3, -0.25) is 14.5 Å². The largest absolute Gasteiger partial charge is 0.482 e. The van der Waals surface area contributed by atoms with Crippen LogP contribution >= 0.6 is 0 Å². The molecule has 0 aromatic heterocycles. The molecule has 5 nitrogen and oxygen atoms in total. The number of piperidine rings is 1. The minimum Gasteiger partial charge on any atom is -0.482 e. The molecule has 1 aromatic rings. The number of fused-ring (bicyclic) bond motifs is 1. The first kappa shape index (κ1) is 14.9. The Balaban J connectivity index is 1.75. The Morgan fingerprint density at radius 1 is 1.23 bits per heavy atom. The van der Waals surface area contributed by atoms with E-state index in [0.717, 1.165) is 19.5 Å². The van der Waals surface area contributed by atoms with Gasteiger partial charge in [-0.1, -0.05) is 26.0 Å². The van der Waals surface area contributed by atoms with Gasteiger partial charge in [0.2, 0.25) is 5.91 Å². The summed E-state index contributed by atoms with van der Waals surface area (Å²) in [5.41, 5.74) is 0.685.